The fraction of sp³-hybridized carbons (Fsp3) is 0.394. The molecule has 0 radical (unpaired) electrons. The van der Waals surface area contributed by atoms with E-state index in [4.69, 9.17) is 28.8 Å². The first-order valence-corrected chi connectivity index (χ1v) is 14.0. The first-order valence-electron chi connectivity index (χ1n) is 14.0. The van der Waals surface area contributed by atoms with Gasteiger partial charge in [-0.05, 0) is 68.7 Å². The van der Waals surface area contributed by atoms with Crippen LogP contribution < -0.4 is 4.74 Å². The van der Waals surface area contributed by atoms with E-state index in [0.29, 0.717) is 45.9 Å². The Balaban J connectivity index is 0.000000305. The van der Waals surface area contributed by atoms with Crippen LogP contribution in [0.5, 0.6) is 11.5 Å². The number of esters is 2. The number of benzene rings is 3. The van der Waals surface area contributed by atoms with Crippen molar-refractivity contribution in [3.05, 3.63) is 95.6 Å². The number of hydrogen-bond donors (Lipinski definition) is 1. The van der Waals surface area contributed by atoms with Gasteiger partial charge in [-0.2, -0.15) is 0 Å². The fourth-order valence-electron chi connectivity index (χ4n) is 3.82. The van der Waals surface area contributed by atoms with Crippen molar-refractivity contribution in [1.29, 1.82) is 0 Å². The van der Waals surface area contributed by atoms with Crippen molar-refractivity contribution in [2.24, 2.45) is 0 Å². The van der Waals surface area contributed by atoms with E-state index >= 15 is 0 Å². The predicted octanol–water partition coefficient (Wildman–Crippen LogP) is 5.68. The standard InChI is InChI=1S/C20H24O4.C13H18O4/c1-3-22-19(20(21)23-4-2)14-16-10-12-18(13-11-16)24-15-17-8-6-5-7-9-17;1-3-16-12(13(15)17-4-2)9-10-5-7-11(14)8-6-10/h5-13,19H,3-4,14-15H2,1-2H3;5-8,12,14H,3-4,9H2,1-2H3/t19-;12-/m11/s1. The largest absolute Gasteiger partial charge is 0.508 e. The topological polar surface area (TPSA) is 101 Å². The summed E-state index contributed by atoms with van der Waals surface area (Å²) in [5, 5.41) is 9.16. The molecule has 0 heterocycles. The summed E-state index contributed by atoms with van der Waals surface area (Å²) in [6.07, 6.45) is -0.200. The monoisotopic (exact) mass is 566 g/mol. The van der Waals surface area contributed by atoms with Crippen molar-refractivity contribution in [2.45, 2.75) is 59.4 Å². The Bertz CT molecular complexity index is 1130. The van der Waals surface area contributed by atoms with Crippen LogP contribution in [0.4, 0.5) is 0 Å². The van der Waals surface area contributed by atoms with E-state index in [2.05, 4.69) is 0 Å². The number of hydrogen-bond acceptors (Lipinski definition) is 8. The molecule has 0 bridgehead atoms. The van der Waals surface area contributed by atoms with Gasteiger partial charge in [-0.1, -0.05) is 54.6 Å². The Morgan fingerprint density at radius 1 is 0.610 bits per heavy atom. The van der Waals surface area contributed by atoms with Crippen LogP contribution in [-0.4, -0.2) is 55.7 Å². The average molecular weight is 567 g/mol. The summed E-state index contributed by atoms with van der Waals surface area (Å²) in [4.78, 5) is 23.5. The van der Waals surface area contributed by atoms with Crippen molar-refractivity contribution in [3.8, 4) is 11.5 Å². The first kappa shape index (κ1) is 33.3. The molecule has 8 heteroatoms. The Morgan fingerprint density at radius 2 is 1.07 bits per heavy atom. The fourth-order valence-corrected chi connectivity index (χ4v) is 3.82. The highest BCUT2D eigenvalue weighted by Gasteiger charge is 2.21. The highest BCUT2D eigenvalue weighted by Crippen LogP contribution is 2.17. The van der Waals surface area contributed by atoms with Gasteiger partial charge in [0.1, 0.15) is 18.1 Å². The minimum absolute atomic E-state index is 0.206. The summed E-state index contributed by atoms with van der Waals surface area (Å²) in [7, 11) is 0. The maximum Gasteiger partial charge on any atom is 0.335 e. The van der Waals surface area contributed by atoms with Gasteiger partial charge in [0.15, 0.2) is 12.2 Å². The van der Waals surface area contributed by atoms with Gasteiger partial charge in [-0.25, -0.2) is 9.59 Å². The second kappa shape index (κ2) is 19.2. The third-order valence-corrected chi connectivity index (χ3v) is 5.78. The molecule has 0 aromatic heterocycles. The van der Waals surface area contributed by atoms with E-state index in [1.165, 1.54) is 0 Å². The molecule has 0 saturated carbocycles. The van der Waals surface area contributed by atoms with Crippen molar-refractivity contribution in [2.75, 3.05) is 26.4 Å². The van der Waals surface area contributed by atoms with E-state index in [1.54, 1.807) is 38.1 Å². The summed E-state index contributed by atoms with van der Waals surface area (Å²) >= 11 is 0. The van der Waals surface area contributed by atoms with Crippen molar-refractivity contribution in [1.82, 2.24) is 0 Å². The smallest absolute Gasteiger partial charge is 0.335 e. The third kappa shape index (κ3) is 12.9. The zero-order chi connectivity index (χ0) is 29.9. The number of aromatic hydroxyl groups is 1. The average Bonchev–Trinajstić information content (AvgIpc) is 2.98. The van der Waals surface area contributed by atoms with Gasteiger partial charge in [0, 0.05) is 26.1 Å². The summed E-state index contributed by atoms with van der Waals surface area (Å²) < 4.78 is 26.6. The minimum Gasteiger partial charge on any atom is -0.508 e. The van der Waals surface area contributed by atoms with Crippen LogP contribution in [-0.2, 0) is 48.0 Å². The number of phenolic OH excluding ortho intramolecular Hbond substituents is 1. The normalized spacial score (nSPS) is 11.9. The third-order valence-electron chi connectivity index (χ3n) is 5.78. The molecule has 2 atom stereocenters. The number of ether oxygens (including phenoxy) is 5. The molecule has 0 aliphatic rings. The number of carbonyl (C=O) groups excluding carboxylic acids is 2. The van der Waals surface area contributed by atoms with Crippen LogP contribution >= 0.6 is 0 Å². The van der Waals surface area contributed by atoms with Crippen LogP contribution in [0, 0.1) is 0 Å². The summed E-state index contributed by atoms with van der Waals surface area (Å²) in [6, 6.07) is 24.4. The van der Waals surface area contributed by atoms with Gasteiger partial charge < -0.3 is 28.8 Å². The lowest BCUT2D eigenvalue weighted by Gasteiger charge is -2.15. The number of carbonyl (C=O) groups is 2. The molecule has 0 unspecified atom stereocenters. The molecule has 8 nitrogen and oxygen atoms in total. The molecule has 3 rings (SSSR count). The SMILES string of the molecule is CCOC(=O)[C@@H](Cc1ccc(O)cc1)OCC.CCOC(=O)[C@@H](Cc1ccc(OCc2ccccc2)cc1)OCC. The molecular weight excluding hydrogens is 524 g/mol. The molecule has 0 aliphatic heterocycles. The lowest BCUT2D eigenvalue weighted by Crippen LogP contribution is -2.28. The summed E-state index contributed by atoms with van der Waals surface area (Å²) in [5.74, 6) is 0.343. The van der Waals surface area contributed by atoms with Gasteiger partial charge in [-0.15, -0.1) is 0 Å². The maximum atomic E-state index is 11.9. The van der Waals surface area contributed by atoms with Gasteiger partial charge in [-0.3, -0.25) is 0 Å². The lowest BCUT2D eigenvalue weighted by atomic mass is 10.1. The van der Waals surface area contributed by atoms with E-state index in [9.17, 15) is 9.59 Å². The predicted molar refractivity (Wildman–Crippen MR) is 157 cm³/mol. The molecule has 0 saturated heterocycles. The van der Waals surface area contributed by atoms with E-state index in [1.807, 2.05) is 68.4 Å². The van der Waals surface area contributed by atoms with Crippen LogP contribution in [0.1, 0.15) is 44.4 Å². The zero-order valence-electron chi connectivity index (χ0n) is 24.4. The number of phenols is 1. The Morgan fingerprint density at radius 3 is 1.51 bits per heavy atom. The maximum absolute atomic E-state index is 11.9. The second-order valence-corrected chi connectivity index (χ2v) is 8.88. The van der Waals surface area contributed by atoms with E-state index < -0.39 is 12.2 Å². The first-order chi connectivity index (χ1) is 19.9. The van der Waals surface area contributed by atoms with Gasteiger partial charge in [0.2, 0.25) is 0 Å². The van der Waals surface area contributed by atoms with E-state index in [0.717, 1.165) is 22.4 Å². The minimum atomic E-state index is -0.579. The Kier molecular flexibility index (Phi) is 15.6. The molecular formula is C33H42O8. The molecule has 1 N–H and O–H groups in total. The quantitative estimate of drug-likeness (QED) is 0.235. The molecule has 3 aromatic carbocycles. The second-order valence-electron chi connectivity index (χ2n) is 8.88. The molecule has 3 aromatic rings. The van der Waals surface area contributed by atoms with Gasteiger partial charge >= 0.3 is 11.9 Å². The van der Waals surface area contributed by atoms with Gasteiger partial charge in [0.25, 0.3) is 0 Å². The summed E-state index contributed by atoms with van der Waals surface area (Å²) in [5.41, 5.74) is 3.06. The lowest BCUT2D eigenvalue weighted by molar-refractivity contribution is -0.157. The Hall–Kier alpha value is -3.88. The van der Waals surface area contributed by atoms with Crippen LogP contribution in [0.3, 0.4) is 0 Å². The molecule has 0 aliphatic carbocycles. The van der Waals surface area contributed by atoms with Crippen LogP contribution in [0.2, 0.25) is 0 Å². The van der Waals surface area contributed by atoms with Crippen molar-refractivity contribution < 1.29 is 38.4 Å². The zero-order valence-corrected chi connectivity index (χ0v) is 24.4. The molecule has 0 spiro atoms. The molecule has 41 heavy (non-hydrogen) atoms. The van der Waals surface area contributed by atoms with E-state index in [-0.39, 0.29) is 17.7 Å². The van der Waals surface area contributed by atoms with Crippen molar-refractivity contribution >= 4 is 11.9 Å². The highest BCUT2D eigenvalue weighted by atomic mass is 16.6. The number of rotatable bonds is 15. The van der Waals surface area contributed by atoms with Crippen LogP contribution in [0.15, 0.2) is 78.9 Å². The molecule has 0 amide bonds. The Labute approximate surface area is 243 Å². The summed E-state index contributed by atoms with van der Waals surface area (Å²) in [6.45, 7) is 9.43. The van der Waals surface area contributed by atoms with Gasteiger partial charge in [0.05, 0.1) is 13.2 Å². The molecule has 0 fully saturated rings. The highest BCUT2D eigenvalue weighted by molar-refractivity contribution is 5.75. The van der Waals surface area contributed by atoms with Crippen LogP contribution in [0.25, 0.3) is 0 Å². The molecule has 222 valence electrons. The van der Waals surface area contributed by atoms with Crippen molar-refractivity contribution in [3.63, 3.8) is 0 Å².